The van der Waals surface area contributed by atoms with E-state index in [4.69, 9.17) is 9.84 Å². The number of rotatable bonds is 8. The number of benzene rings is 2. The molecule has 180 valence electrons. The van der Waals surface area contributed by atoms with E-state index in [1.807, 2.05) is 50.2 Å². The molecule has 1 heterocycles. The molecule has 2 amide bonds. The summed E-state index contributed by atoms with van der Waals surface area (Å²) >= 11 is 0. The van der Waals surface area contributed by atoms with Gasteiger partial charge in [0.1, 0.15) is 6.61 Å². The lowest BCUT2D eigenvalue weighted by Crippen LogP contribution is -2.69. The van der Waals surface area contributed by atoms with Crippen LogP contribution >= 0.6 is 0 Å². The highest BCUT2D eigenvalue weighted by atomic mass is 16.5. The summed E-state index contributed by atoms with van der Waals surface area (Å²) in [5.74, 6) is -1.68. The Morgan fingerprint density at radius 3 is 2.06 bits per heavy atom. The Morgan fingerprint density at radius 1 is 1.03 bits per heavy atom. The van der Waals surface area contributed by atoms with Crippen molar-refractivity contribution in [2.45, 2.75) is 38.2 Å². The first-order valence-corrected chi connectivity index (χ1v) is 11.6. The largest absolute Gasteiger partial charge is 0.479 e. The topological polar surface area (TPSA) is 116 Å². The molecule has 8 nitrogen and oxygen atoms in total. The van der Waals surface area contributed by atoms with E-state index in [9.17, 15) is 19.5 Å². The van der Waals surface area contributed by atoms with Crippen LogP contribution in [0.25, 0.3) is 11.1 Å². The fourth-order valence-electron chi connectivity index (χ4n) is 4.97. The number of hydrogen-bond donors (Lipinski definition) is 3. The molecular weight excluding hydrogens is 436 g/mol. The van der Waals surface area contributed by atoms with Crippen molar-refractivity contribution in [3.05, 3.63) is 59.7 Å². The predicted octanol–water partition coefficient (Wildman–Crippen LogP) is 2.99. The number of nitrogens with zero attached hydrogens (tertiary/aromatic N) is 1. The zero-order valence-electron chi connectivity index (χ0n) is 19.4. The molecule has 34 heavy (non-hydrogen) atoms. The van der Waals surface area contributed by atoms with Gasteiger partial charge in [-0.3, -0.25) is 4.79 Å². The highest BCUT2D eigenvalue weighted by Crippen LogP contribution is 2.44. The zero-order chi connectivity index (χ0) is 24.5. The van der Waals surface area contributed by atoms with Crippen LogP contribution in [0.15, 0.2) is 48.5 Å². The van der Waals surface area contributed by atoms with Gasteiger partial charge in [0.25, 0.3) is 0 Å². The van der Waals surface area contributed by atoms with Crippen LogP contribution in [0.3, 0.4) is 0 Å². The molecule has 1 saturated heterocycles. The molecule has 2 aromatic carbocycles. The van der Waals surface area contributed by atoms with Gasteiger partial charge in [0.2, 0.25) is 5.91 Å². The molecule has 0 aromatic heterocycles. The Hall–Kier alpha value is -3.39. The molecule has 1 fully saturated rings. The lowest BCUT2D eigenvalue weighted by atomic mass is 9.78. The van der Waals surface area contributed by atoms with Gasteiger partial charge in [-0.25, -0.2) is 9.59 Å². The van der Waals surface area contributed by atoms with E-state index < -0.39 is 23.1 Å². The molecule has 8 heteroatoms. The minimum Gasteiger partial charge on any atom is -0.479 e. The van der Waals surface area contributed by atoms with Crippen LogP contribution in [0.1, 0.15) is 43.7 Å². The molecule has 0 saturated carbocycles. The predicted molar refractivity (Wildman–Crippen MR) is 125 cm³/mol. The van der Waals surface area contributed by atoms with Crippen LogP contribution in [-0.2, 0) is 14.3 Å². The summed E-state index contributed by atoms with van der Waals surface area (Å²) in [5, 5.41) is 21.8. The molecule has 2 aromatic rings. The second-order valence-corrected chi connectivity index (χ2v) is 9.16. The third-order valence-electron chi connectivity index (χ3n) is 7.31. The van der Waals surface area contributed by atoms with E-state index in [1.165, 1.54) is 4.90 Å². The number of amides is 2. The number of likely N-dealkylation sites (tertiary alicyclic amines) is 1. The second kappa shape index (κ2) is 9.10. The number of β-amino-alcohol motifs (C(OH)–C–C–N with tert-alkyl or cyclic N) is 1. The Bertz CT molecular complexity index is 1060. The Morgan fingerprint density at radius 2 is 1.56 bits per heavy atom. The minimum atomic E-state index is -1.90. The summed E-state index contributed by atoms with van der Waals surface area (Å²) in [4.78, 5) is 38.2. The summed E-state index contributed by atoms with van der Waals surface area (Å²) in [6.45, 7) is 3.43. The lowest BCUT2D eigenvalue weighted by molar-refractivity contribution is -0.186. The molecule has 0 atom stereocenters. The highest BCUT2D eigenvalue weighted by molar-refractivity contribution is 5.88. The molecule has 2 aliphatic rings. The van der Waals surface area contributed by atoms with E-state index in [1.54, 1.807) is 0 Å². The van der Waals surface area contributed by atoms with Crippen molar-refractivity contribution in [3.63, 3.8) is 0 Å². The molecule has 3 N–H and O–H groups in total. The van der Waals surface area contributed by atoms with Gasteiger partial charge >= 0.3 is 12.1 Å². The van der Waals surface area contributed by atoms with E-state index in [0.29, 0.717) is 12.8 Å². The maximum atomic E-state index is 13.1. The lowest BCUT2D eigenvalue weighted by Gasteiger charge is -2.47. The van der Waals surface area contributed by atoms with E-state index in [2.05, 4.69) is 17.4 Å². The summed E-state index contributed by atoms with van der Waals surface area (Å²) in [5.41, 5.74) is 1.72. The van der Waals surface area contributed by atoms with Crippen molar-refractivity contribution >= 4 is 18.0 Å². The molecule has 0 spiro atoms. The Kier molecular flexibility index (Phi) is 6.36. The molecular formula is C26H30N2O6. The first kappa shape index (κ1) is 23.8. The van der Waals surface area contributed by atoms with Crippen LogP contribution in [0.4, 0.5) is 4.79 Å². The normalized spacial score (nSPS) is 16.3. The quantitative estimate of drug-likeness (QED) is 0.551. The summed E-state index contributed by atoms with van der Waals surface area (Å²) in [6.07, 6.45) is 0.300. The van der Waals surface area contributed by atoms with E-state index in [-0.39, 0.29) is 38.1 Å². The van der Waals surface area contributed by atoms with Gasteiger partial charge in [-0.2, -0.15) is 0 Å². The van der Waals surface area contributed by atoms with Gasteiger partial charge in [0.15, 0.2) is 5.60 Å². The van der Waals surface area contributed by atoms with Crippen LogP contribution in [-0.4, -0.2) is 64.9 Å². The monoisotopic (exact) mass is 466 g/mol. The summed E-state index contributed by atoms with van der Waals surface area (Å²) < 4.78 is 5.58. The number of carbonyl (C=O) groups excluding carboxylic acids is 2. The number of fused-ring (bicyclic) bond motifs is 3. The van der Waals surface area contributed by atoms with Crippen LogP contribution < -0.4 is 5.32 Å². The number of carboxylic acid groups (broad SMARTS) is 1. The minimum absolute atomic E-state index is 0.0586. The van der Waals surface area contributed by atoms with E-state index >= 15 is 0 Å². The molecule has 1 aliphatic heterocycles. The summed E-state index contributed by atoms with van der Waals surface area (Å²) in [7, 11) is 0. The smallest absolute Gasteiger partial charge is 0.407 e. The van der Waals surface area contributed by atoms with Crippen LogP contribution in [0.5, 0.6) is 0 Å². The highest BCUT2D eigenvalue weighted by Gasteiger charge is 2.53. The standard InChI is InChI=1S/C26H30N2O6/c1-3-25(4-2,22(29)28-15-26(33,16-28)23(30)31)14-27-24(32)34-13-21-19-11-7-5-9-17(19)18-10-6-8-12-20(18)21/h5-12,21,33H,3-4,13-16H2,1-2H3,(H,27,32)(H,30,31). The number of alkyl carbamates (subject to hydrolysis) is 1. The number of hydrogen-bond acceptors (Lipinski definition) is 5. The van der Waals surface area contributed by atoms with Crippen molar-refractivity contribution in [2.24, 2.45) is 5.41 Å². The maximum Gasteiger partial charge on any atom is 0.407 e. The van der Waals surface area contributed by atoms with Gasteiger partial charge in [0.05, 0.1) is 18.5 Å². The van der Waals surface area contributed by atoms with Gasteiger partial charge in [-0.05, 0) is 35.1 Å². The van der Waals surface area contributed by atoms with Gasteiger partial charge < -0.3 is 25.2 Å². The average Bonchev–Trinajstić information content (AvgIpc) is 3.15. The SMILES string of the molecule is CCC(CC)(CNC(=O)OCC1c2ccccc2-c2ccccc21)C(=O)N1CC(O)(C(=O)O)C1. The third-order valence-corrected chi connectivity index (χ3v) is 7.31. The Balaban J connectivity index is 1.37. The van der Waals surface area contributed by atoms with E-state index in [0.717, 1.165) is 22.3 Å². The van der Waals surface area contributed by atoms with Crippen LogP contribution in [0, 0.1) is 5.41 Å². The van der Waals surface area contributed by atoms with Crippen molar-refractivity contribution in [1.82, 2.24) is 10.2 Å². The first-order chi connectivity index (χ1) is 16.2. The Labute approximate surface area is 198 Å². The molecule has 0 unspecified atom stereocenters. The third kappa shape index (κ3) is 4.03. The van der Waals surface area contributed by atoms with Gasteiger partial charge in [-0.15, -0.1) is 0 Å². The second-order valence-electron chi connectivity index (χ2n) is 9.16. The van der Waals surface area contributed by atoms with Crippen molar-refractivity contribution in [2.75, 3.05) is 26.2 Å². The van der Waals surface area contributed by atoms with Crippen molar-refractivity contribution in [3.8, 4) is 11.1 Å². The van der Waals surface area contributed by atoms with Gasteiger partial charge in [0, 0.05) is 12.5 Å². The van der Waals surface area contributed by atoms with Gasteiger partial charge in [-0.1, -0.05) is 62.4 Å². The number of nitrogens with one attached hydrogen (secondary N) is 1. The maximum absolute atomic E-state index is 13.1. The molecule has 1 aliphatic carbocycles. The number of carbonyl (C=O) groups is 3. The molecule has 4 rings (SSSR count). The average molecular weight is 467 g/mol. The van der Waals surface area contributed by atoms with Crippen LogP contribution in [0.2, 0.25) is 0 Å². The zero-order valence-corrected chi connectivity index (χ0v) is 19.4. The number of carboxylic acids is 1. The fourth-order valence-corrected chi connectivity index (χ4v) is 4.97. The number of aliphatic hydroxyl groups is 1. The molecule has 0 bridgehead atoms. The number of aliphatic carboxylic acids is 1. The number of ether oxygens (including phenoxy) is 1. The van der Waals surface area contributed by atoms with Crippen molar-refractivity contribution < 1.29 is 29.3 Å². The summed E-state index contributed by atoms with van der Waals surface area (Å²) in [6, 6.07) is 16.2. The van der Waals surface area contributed by atoms with Crippen molar-refractivity contribution in [1.29, 1.82) is 0 Å². The fraction of sp³-hybridized carbons (Fsp3) is 0.423. The molecule has 0 radical (unpaired) electrons. The first-order valence-electron chi connectivity index (χ1n) is 11.6.